The summed E-state index contributed by atoms with van der Waals surface area (Å²) in [7, 11) is 0. The van der Waals surface area contributed by atoms with Crippen molar-refractivity contribution in [1.29, 1.82) is 0 Å². The van der Waals surface area contributed by atoms with Gasteiger partial charge in [0.25, 0.3) is 0 Å². The number of rotatable bonds is 4. The molecule has 0 amide bonds. The molecule has 0 saturated heterocycles. The van der Waals surface area contributed by atoms with Crippen LogP contribution in [0.25, 0.3) is 5.69 Å². The fraction of sp³-hybridized carbons (Fsp3) is 0.231. The maximum atomic E-state index is 11.1. The van der Waals surface area contributed by atoms with Crippen molar-refractivity contribution < 1.29 is 19.8 Å². The Bertz CT molecular complexity index is 686. The van der Waals surface area contributed by atoms with Gasteiger partial charge in [-0.25, -0.2) is 14.3 Å². The molecular weight excluding hydrogens is 262 g/mol. The van der Waals surface area contributed by atoms with Crippen molar-refractivity contribution in [2.75, 3.05) is 0 Å². The summed E-state index contributed by atoms with van der Waals surface area (Å²) in [6.07, 6.45) is 1.84. The number of aromatic nitrogens is 3. The second-order valence-corrected chi connectivity index (χ2v) is 4.67. The molecule has 0 bridgehead atoms. The van der Waals surface area contributed by atoms with Crippen LogP contribution in [0.1, 0.15) is 45.3 Å². The zero-order chi connectivity index (χ0) is 14.3. The first kappa shape index (κ1) is 12.3. The highest BCUT2D eigenvalue weighted by Crippen LogP contribution is 2.41. The van der Waals surface area contributed by atoms with Crippen LogP contribution in [0.4, 0.5) is 0 Å². The molecule has 3 rings (SSSR count). The summed E-state index contributed by atoms with van der Waals surface area (Å²) in [6.45, 7) is 0. The van der Waals surface area contributed by atoms with Crippen LogP contribution in [0.3, 0.4) is 0 Å². The van der Waals surface area contributed by atoms with Crippen molar-refractivity contribution in [2.24, 2.45) is 0 Å². The van der Waals surface area contributed by atoms with Gasteiger partial charge in [-0.05, 0) is 37.1 Å². The molecular formula is C13H11N3O4. The molecule has 1 fully saturated rings. The van der Waals surface area contributed by atoms with Gasteiger partial charge < -0.3 is 10.2 Å². The van der Waals surface area contributed by atoms with Crippen LogP contribution in [0.2, 0.25) is 0 Å². The predicted octanol–water partition coefficient (Wildman–Crippen LogP) is 1.54. The number of nitrogens with zero attached hydrogens (tertiary/aromatic N) is 3. The average Bonchev–Trinajstić information content (AvgIpc) is 3.17. The van der Waals surface area contributed by atoms with Gasteiger partial charge >= 0.3 is 11.9 Å². The molecule has 20 heavy (non-hydrogen) atoms. The van der Waals surface area contributed by atoms with Crippen molar-refractivity contribution in [3.63, 3.8) is 0 Å². The third-order valence-electron chi connectivity index (χ3n) is 3.23. The van der Waals surface area contributed by atoms with Crippen LogP contribution >= 0.6 is 0 Å². The average molecular weight is 273 g/mol. The number of hydrogen-bond donors (Lipinski definition) is 2. The van der Waals surface area contributed by atoms with Crippen molar-refractivity contribution in [3.05, 3.63) is 41.2 Å². The van der Waals surface area contributed by atoms with E-state index in [9.17, 15) is 9.59 Å². The predicted molar refractivity (Wildman–Crippen MR) is 67.3 cm³/mol. The molecule has 1 aliphatic carbocycles. The van der Waals surface area contributed by atoms with Gasteiger partial charge in [-0.3, -0.25) is 0 Å². The highest BCUT2D eigenvalue weighted by Gasteiger charge is 2.34. The second kappa shape index (κ2) is 4.44. The Kier molecular flexibility index (Phi) is 2.74. The van der Waals surface area contributed by atoms with Crippen molar-refractivity contribution in [1.82, 2.24) is 15.0 Å². The number of benzene rings is 1. The lowest BCUT2D eigenvalue weighted by atomic mass is 10.2. The Morgan fingerprint density at radius 2 is 1.75 bits per heavy atom. The summed E-state index contributed by atoms with van der Waals surface area (Å²) in [5.74, 6) is -1.95. The summed E-state index contributed by atoms with van der Waals surface area (Å²) in [6, 6.07) is 6.10. The van der Waals surface area contributed by atoms with Crippen molar-refractivity contribution in [2.45, 2.75) is 18.8 Å². The molecule has 1 aromatic carbocycles. The summed E-state index contributed by atoms with van der Waals surface area (Å²) < 4.78 is 1.48. The molecule has 0 spiro atoms. The Morgan fingerprint density at radius 1 is 1.10 bits per heavy atom. The first-order chi connectivity index (χ1) is 9.58. The van der Waals surface area contributed by atoms with Gasteiger partial charge in [-0.15, -0.1) is 5.10 Å². The zero-order valence-corrected chi connectivity index (χ0v) is 10.4. The van der Waals surface area contributed by atoms with Gasteiger partial charge in [0, 0.05) is 5.92 Å². The van der Waals surface area contributed by atoms with Gasteiger partial charge in [0.2, 0.25) is 0 Å². The summed E-state index contributed by atoms with van der Waals surface area (Å²) in [5.41, 5.74) is 1.33. The molecule has 0 atom stereocenters. The maximum absolute atomic E-state index is 11.1. The number of hydrogen-bond acceptors (Lipinski definition) is 4. The van der Waals surface area contributed by atoms with Crippen LogP contribution in [0.15, 0.2) is 24.3 Å². The quantitative estimate of drug-likeness (QED) is 0.875. The lowest BCUT2D eigenvalue weighted by Crippen LogP contribution is -2.06. The van der Waals surface area contributed by atoms with E-state index in [0.29, 0.717) is 11.4 Å². The van der Waals surface area contributed by atoms with Gasteiger partial charge in [0.1, 0.15) is 0 Å². The fourth-order valence-electron chi connectivity index (χ4n) is 2.10. The van der Waals surface area contributed by atoms with E-state index in [1.165, 1.54) is 16.8 Å². The minimum Gasteiger partial charge on any atom is -0.478 e. The third-order valence-corrected chi connectivity index (χ3v) is 3.23. The minimum absolute atomic E-state index is 0.0326. The lowest BCUT2D eigenvalue weighted by molar-refractivity contribution is 0.0681. The normalized spacial score (nSPS) is 14.2. The van der Waals surface area contributed by atoms with Crippen molar-refractivity contribution >= 4 is 11.9 Å². The van der Waals surface area contributed by atoms with Gasteiger partial charge in [-0.1, -0.05) is 5.21 Å². The molecule has 7 nitrogen and oxygen atoms in total. The van der Waals surface area contributed by atoms with E-state index < -0.39 is 11.9 Å². The molecule has 0 radical (unpaired) electrons. The first-order valence-electron chi connectivity index (χ1n) is 6.10. The highest BCUT2D eigenvalue weighted by atomic mass is 16.4. The molecule has 0 aliphatic heterocycles. The topological polar surface area (TPSA) is 105 Å². The van der Waals surface area contributed by atoms with Crippen LogP contribution in [-0.4, -0.2) is 37.1 Å². The van der Waals surface area contributed by atoms with Gasteiger partial charge in [0.05, 0.1) is 16.9 Å². The van der Waals surface area contributed by atoms with E-state index in [0.717, 1.165) is 12.8 Å². The van der Waals surface area contributed by atoms with E-state index in [2.05, 4.69) is 10.3 Å². The van der Waals surface area contributed by atoms with E-state index in [1.54, 1.807) is 12.1 Å². The van der Waals surface area contributed by atoms with Crippen LogP contribution < -0.4 is 0 Å². The van der Waals surface area contributed by atoms with E-state index in [1.807, 2.05) is 0 Å². The maximum Gasteiger partial charge on any atom is 0.358 e. The Labute approximate surface area is 113 Å². The monoisotopic (exact) mass is 273 g/mol. The SMILES string of the molecule is O=C(O)c1ccc(-n2nnc(C(=O)O)c2C2CC2)cc1. The lowest BCUT2D eigenvalue weighted by Gasteiger charge is -2.06. The Balaban J connectivity index is 2.05. The smallest absolute Gasteiger partial charge is 0.358 e. The van der Waals surface area contributed by atoms with E-state index in [-0.39, 0.29) is 17.2 Å². The molecule has 1 aliphatic rings. The summed E-state index contributed by atoms with van der Waals surface area (Å²) in [5, 5.41) is 25.6. The fourth-order valence-corrected chi connectivity index (χ4v) is 2.10. The molecule has 0 unspecified atom stereocenters. The third kappa shape index (κ3) is 2.03. The summed E-state index contributed by atoms with van der Waals surface area (Å²) >= 11 is 0. The Hall–Kier alpha value is -2.70. The molecule has 2 N–H and O–H groups in total. The summed E-state index contributed by atoms with van der Waals surface area (Å²) in [4.78, 5) is 22.0. The largest absolute Gasteiger partial charge is 0.478 e. The van der Waals surface area contributed by atoms with Gasteiger partial charge in [-0.2, -0.15) is 0 Å². The van der Waals surface area contributed by atoms with Crippen LogP contribution in [0, 0.1) is 0 Å². The molecule has 1 saturated carbocycles. The standard InChI is InChI=1S/C13H11N3O4/c17-12(18)8-3-5-9(6-4-8)16-11(7-1-2-7)10(13(19)20)14-15-16/h3-7H,1-2H2,(H,17,18)(H,19,20). The molecule has 102 valence electrons. The van der Waals surface area contributed by atoms with Crippen LogP contribution in [0.5, 0.6) is 0 Å². The van der Waals surface area contributed by atoms with E-state index >= 15 is 0 Å². The number of carboxylic acid groups (broad SMARTS) is 2. The molecule has 1 aromatic heterocycles. The number of carboxylic acids is 2. The Morgan fingerprint density at radius 3 is 2.25 bits per heavy atom. The van der Waals surface area contributed by atoms with Crippen LogP contribution in [-0.2, 0) is 0 Å². The molecule has 1 heterocycles. The first-order valence-corrected chi connectivity index (χ1v) is 6.10. The number of aromatic carboxylic acids is 2. The molecule has 2 aromatic rings. The van der Waals surface area contributed by atoms with E-state index in [4.69, 9.17) is 10.2 Å². The zero-order valence-electron chi connectivity index (χ0n) is 10.4. The minimum atomic E-state index is -1.10. The highest BCUT2D eigenvalue weighted by molar-refractivity contribution is 5.88. The number of carbonyl (C=O) groups is 2. The van der Waals surface area contributed by atoms with Gasteiger partial charge in [0.15, 0.2) is 5.69 Å². The second-order valence-electron chi connectivity index (χ2n) is 4.67. The molecule has 7 heteroatoms. The van der Waals surface area contributed by atoms with Crippen molar-refractivity contribution in [3.8, 4) is 5.69 Å².